The maximum Gasteiger partial charge on any atom is 0.200 e. The van der Waals surface area contributed by atoms with Crippen molar-refractivity contribution in [2.24, 2.45) is 0 Å². The third-order valence-electron chi connectivity index (χ3n) is 3.45. The molecule has 3 heteroatoms. The lowest BCUT2D eigenvalue weighted by Gasteiger charge is -2.13. The standard InChI is InChI=1S/C14H19N3/c1-8-6-9(2)11(4)13(10(8)3)12-7-16-14(15-5)17-12/h6-7H,1-5H3,(H2,15,16,17). The van der Waals surface area contributed by atoms with E-state index in [0.29, 0.717) is 0 Å². The number of anilines is 1. The van der Waals surface area contributed by atoms with E-state index in [9.17, 15) is 0 Å². The highest BCUT2D eigenvalue weighted by Gasteiger charge is 2.12. The van der Waals surface area contributed by atoms with Gasteiger partial charge in [0, 0.05) is 12.6 Å². The number of H-pyrrole nitrogens is 1. The van der Waals surface area contributed by atoms with Gasteiger partial charge in [-0.25, -0.2) is 4.98 Å². The molecule has 0 saturated heterocycles. The monoisotopic (exact) mass is 229 g/mol. The molecule has 0 unspecified atom stereocenters. The number of benzene rings is 1. The molecule has 0 aliphatic carbocycles. The highest BCUT2D eigenvalue weighted by atomic mass is 15.1. The summed E-state index contributed by atoms with van der Waals surface area (Å²) in [5.41, 5.74) is 7.64. The van der Waals surface area contributed by atoms with Gasteiger partial charge in [-0.1, -0.05) is 6.07 Å². The summed E-state index contributed by atoms with van der Waals surface area (Å²) in [5.74, 6) is 0.804. The molecule has 2 rings (SSSR count). The quantitative estimate of drug-likeness (QED) is 0.829. The van der Waals surface area contributed by atoms with E-state index < -0.39 is 0 Å². The number of aromatic nitrogens is 2. The first kappa shape index (κ1) is 11.7. The summed E-state index contributed by atoms with van der Waals surface area (Å²) in [5, 5.41) is 3.02. The molecule has 1 aromatic heterocycles. The fraction of sp³-hybridized carbons (Fsp3) is 0.357. The van der Waals surface area contributed by atoms with Crippen LogP contribution in [-0.2, 0) is 0 Å². The van der Waals surface area contributed by atoms with Crippen molar-refractivity contribution in [3.63, 3.8) is 0 Å². The van der Waals surface area contributed by atoms with Gasteiger partial charge in [0.15, 0.2) is 5.95 Å². The zero-order valence-electron chi connectivity index (χ0n) is 11.1. The van der Waals surface area contributed by atoms with Gasteiger partial charge in [0.05, 0.1) is 11.9 Å². The van der Waals surface area contributed by atoms with Crippen LogP contribution >= 0.6 is 0 Å². The summed E-state index contributed by atoms with van der Waals surface area (Å²) in [7, 11) is 1.86. The van der Waals surface area contributed by atoms with Crippen molar-refractivity contribution in [1.29, 1.82) is 0 Å². The minimum Gasteiger partial charge on any atom is -0.359 e. The molecule has 17 heavy (non-hydrogen) atoms. The Bertz CT molecular complexity index is 527. The van der Waals surface area contributed by atoms with E-state index >= 15 is 0 Å². The Morgan fingerprint density at radius 2 is 1.65 bits per heavy atom. The van der Waals surface area contributed by atoms with Gasteiger partial charge >= 0.3 is 0 Å². The molecule has 90 valence electrons. The van der Waals surface area contributed by atoms with Crippen LogP contribution in [0.2, 0.25) is 0 Å². The number of imidazole rings is 1. The Kier molecular flexibility index (Phi) is 2.92. The van der Waals surface area contributed by atoms with Gasteiger partial charge in [-0.15, -0.1) is 0 Å². The summed E-state index contributed by atoms with van der Waals surface area (Å²) in [4.78, 5) is 7.58. The molecule has 0 spiro atoms. The fourth-order valence-corrected chi connectivity index (χ4v) is 2.20. The van der Waals surface area contributed by atoms with E-state index in [1.807, 2.05) is 13.2 Å². The van der Waals surface area contributed by atoms with Gasteiger partial charge in [-0.05, 0) is 49.9 Å². The number of aromatic amines is 1. The summed E-state index contributed by atoms with van der Waals surface area (Å²) >= 11 is 0. The number of aryl methyl sites for hydroxylation is 2. The van der Waals surface area contributed by atoms with Crippen molar-refractivity contribution in [2.75, 3.05) is 12.4 Å². The van der Waals surface area contributed by atoms with Crippen molar-refractivity contribution >= 4 is 5.95 Å². The Morgan fingerprint density at radius 3 is 2.12 bits per heavy atom. The summed E-state index contributed by atoms with van der Waals surface area (Å²) < 4.78 is 0. The Morgan fingerprint density at radius 1 is 1.06 bits per heavy atom. The molecule has 0 radical (unpaired) electrons. The van der Waals surface area contributed by atoms with Crippen LogP contribution in [-0.4, -0.2) is 17.0 Å². The number of nitrogens with zero attached hydrogens (tertiary/aromatic N) is 1. The van der Waals surface area contributed by atoms with E-state index in [2.05, 4.69) is 49.0 Å². The topological polar surface area (TPSA) is 40.7 Å². The average Bonchev–Trinajstić information content (AvgIpc) is 2.75. The lowest BCUT2D eigenvalue weighted by atomic mass is 9.93. The molecular formula is C14H19N3. The maximum absolute atomic E-state index is 4.29. The fourth-order valence-electron chi connectivity index (χ4n) is 2.20. The highest BCUT2D eigenvalue weighted by molar-refractivity contribution is 5.71. The van der Waals surface area contributed by atoms with Crippen molar-refractivity contribution in [3.05, 3.63) is 34.5 Å². The van der Waals surface area contributed by atoms with Gasteiger partial charge in [-0.2, -0.15) is 0 Å². The number of hydrogen-bond acceptors (Lipinski definition) is 2. The van der Waals surface area contributed by atoms with Crippen LogP contribution in [0.15, 0.2) is 12.3 Å². The van der Waals surface area contributed by atoms with Crippen molar-refractivity contribution < 1.29 is 0 Å². The normalized spacial score (nSPS) is 10.6. The SMILES string of the molecule is CNc1ncc(-c2c(C)c(C)cc(C)c2C)[nH]1. The van der Waals surface area contributed by atoms with E-state index in [1.54, 1.807) is 0 Å². The molecule has 0 aliphatic heterocycles. The summed E-state index contributed by atoms with van der Waals surface area (Å²) in [6.07, 6.45) is 1.89. The van der Waals surface area contributed by atoms with Crippen LogP contribution < -0.4 is 5.32 Å². The minimum atomic E-state index is 0.804. The minimum absolute atomic E-state index is 0.804. The van der Waals surface area contributed by atoms with Gasteiger partial charge in [0.2, 0.25) is 0 Å². The Balaban J connectivity index is 2.65. The number of nitrogens with one attached hydrogen (secondary N) is 2. The molecule has 3 nitrogen and oxygen atoms in total. The van der Waals surface area contributed by atoms with Crippen LogP contribution in [0.3, 0.4) is 0 Å². The Hall–Kier alpha value is -1.77. The molecule has 0 aliphatic rings. The van der Waals surface area contributed by atoms with E-state index in [-0.39, 0.29) is 0 Å². The third kappa shape index (κ3) is 1.93. The number of hydrogen-bond donors (Lipinski definition) is 2. The lowest BCUT2D eigenvalue weighted by Crippen LogP contribution is -1.95. The smallest absolute Gasteiger partial charge is 0.200 e. The van der Waals surface area contributed by atoms with Crippen LogP contribution in [0.25, 0.3) is 11.3 Å². The van der Waals surface area contributed by atoms with Gasteiger partial charge in [0.25, 0.3) is 0 Å². The zero-order chi connectivity index (χ0) is 12.6. The van der Waals surface area contributed by atoms with E-state index in [1.165, 1.54) is 27.8 Å². The summed E-state index contributed by atoms with van der Waals surface area (Å²) in [6, 6.07) is 2.24. The second-order valence-electron chi connectivity index (χ2n) is 4.53. The van der Waals surface area contributed by atoms with Crippen molar-refractivity contribution in [1.82, 2.24) is 9.97 Å². The molecule has 0 atom stereocenters. The summed E-state index contributed by atoms with van der Waals surface area (Å²) in [6.45, 7) is 8.63. The largest absolute Gasteiger partial charge is 0.359 e. The predicted molar refractivity (Wildman–Crippen MR) is 72.5 cm³/mol. The molecule has 0 amide bonds. The van der Waals surface area contributed by atoms with Gasteiger partial charge in [0.1, 0.15) is 0 Å². The molecule has 0 saturated carbocycles. The predicted octanol–water partition coefficient (Wildman–Crippen LogP) is 3.35. The molecule has 2 N–H and O–H groups in total. The first-order valence-electron chi connectivity index (χ1n) is 5.85. The molecule has 1 heterocycles. The van der Waals surface area contributed by atoms with Gasteiger partial charge < -0.3 is 10.3 Å². The maximum atomic E-state index is 4.29. The van der Waals surface area contributed by atoms with Crippen LogP contribution in [0.4, 0.5) is 5.95 Å². The molecule has 0 fully saturated rings. The molecule has 1 aromatic carbocycles. The molecule has 0 bridgehead atoms. The number of rotatable bonds is 2. The highest BCUT2D eigenvalue weighted by Crippen LogP contribution is 2.30. The second kappa shape index (κ2) is 4.24. The second-order valence-corrected chi connectivity index (χ2v) is 4.53. The van der Waals surface area contributed by atoms with E-state index in [4.69, 9.17) is 0 Å². The van der Waals surface area contributed by atoms with Crippen LogP contribution in [0.1, 0.15) is 22.3 Å². The first-order chi connectivity index (χ1) is 8.04. The zero-order valence-corrected chi connectivity index (χ0v) is 11.1. The average molecular weight is 229 g/mol. The van der Waals surface area contributed by atoms with Crippen LogP contribution in [0.5, 0.6) is 0 Å². The van der Waals surface area contributed by atoms with Crippen molar-refractivity contribution in [3.8, 4) is 11.3 Å². The van der Waals surface area contributed by atoms with Crippen molar-refractivity contribution in [2.45, 2.75) is 27.7 Å². The van der Waals surface area contributed by atoms with Gasteiger partial charge in [-0.3, -0.25) is 0 Å². The van der Waals surface area contributed by atoms with Crippen LogP contribution in [0, 0.1) is 27.7 Å². The lowest BCUT2D eigenvalue weighted by molar-refractivity contribution is 1.22. The molecular weight excluding hydrogens is 210 g/mol. The third-order valence-corrected chi connectivity index (χ3v) is 3.45. The molecule has 2 aromatic rings. The Labute approximate surface area is 102 Å². The first-order valence-corrected chi connectivity index (χ1v) is 5.85. The van der Waals surface area contributed by atoms with E-state index in [0.717, 1.165) is 11.6 Å².